The summed E-state index contributed by atoms with van der Waals surface area (Å²) in [4.78, 5) is 0. The zero-order chi connectivity index (χ0) is 10.1. The molecule has 1 rings (SSSR count). The van der Waals surface area contributed by atoms with E-state index in [4.69, 9.17) is 4.43 Å². The van der Waals surface area contributed by atoms with Crippen LogP contribution in [0.25, 0.3) is 0 Å². The maximum Gasteiger partial charge on any atom is 0.247 e. The highest BCUT2D eigenvalue weighted by atomic mass is 28.2. The van der Waals surface area contributed by atoms with Crippen LogP contribution in [0.5, 0.6) is 0 Å². The summed E-state index contributed by atoms with van der Waals surface area (Å²) in [5.74, 6) is -1.72. The van der Waals surface area contributed by atoms with Crippen LogP contribution in [0.3, 0.4) is 0 Å². The molecule has 0 saturated carbocycles. The Bertz CT molecular complexity index is 312. The van der Waals surface area contributed by atoms with E-state index in [1.165, 1.54) is 6.07 Å². The van der Waals surface area contributed by atoms with Gasteiger partial charge in [-0.25, -0.2) is 8.78 Å². The van der Waals surface area contributed by atoms with Gasteiger partial charge in [0.25, 0.3) is 0 Å². The van der Waals surface area contributed by atoms with Gasteiger partial charge < -0.3 is 4.43 Å². The van der Waals surface area contributed by atoms with E-state index in [-0.39, 0.29) is 0 Å². The molecule has 0 N–H and O–H groups in total. The summed E-state index contributed by atoms with van der Waals surface area (Å²) in [6.07, 6.45) is 0. The van der Waals surface area contributed by atoms with Crippen molar-refractivity contribution in [3.8, 4) is 0 Å². The Morgan fingerprint density at radius 1 is 1.23 bits per heavy atom. The van der Waals surface area contributed by atoms with E-state index in [9.17, 15) is 8.78 Å². The van der Waals surface area contributed by atoms with Gasteiger partial charge in [0.05, 0.1) is 5.60 Å². The summed E-state index contributed by atoms with van der Waals surface area (Å²) in [5, 5.41) is 0. The van der Waals surface area contributed by atoms with Crippen LogP contribution in [0.1, 0.15) is 19.4 Å². The summed E-state index contributed by atoms with van der Waals surface area (Å²) in [5.41, 5.74) is -0.104. The molecule has 0 aliphatic heterocycles. The lowest BCUT2D eigenvalue weighted by Gasteiger charge is -2.23. The smallest absolute Gasteiger partial charge is 0.247 e. The molecule has 0 spiro atoms. The molecule has 0 amide bonds. The molecule has 4 heteroatoms. The van der Waals surface area contributed by atoms with Crippen LogP contribution < -0.4 is 0 Å². The van der Waals surface area contributed by atoms with Crippen molar-refractivity contribution in [1.82, 2.24) is 0 Å². The average Bonchev–Trinajstić information content (AvgIpc) is 2.09. The normalized spacial score (nSPS) is 11.8. The van der Waals surface area contributed by atoms with Gasteiger partial charge in [0.2, 0.25) is 10.5 Å². The number of benzene rings is 1. The lowest BCUT2D eigenvalue weighted by Crippen LogP contribution is -2.20. The number of hydrogen-bond acceptors (Lipinski definition) is 1. The summed E-state index contributed by atoms with van der Waals surface area (Å²) >= 11 is 0. The molecule has 1 aromatic rings. The molecule has 0 aliphatic carbocycles. The molecule has 0 aliphatic rings. The molecule has 0 unspecified atom stereocenters. The molecule has 1 nitrogen and oxygen atoms in total. The van der Waals surface area contributed by atoms with E-state index in [2.05, 4.69) is 10.5 Å². The molecule has 1 aromatic carbocycles. The van der Waals surface area contributed by atoms with Crippen molar-refractivity contribution in [3.63, 3.8) is 0 Å². The predicted molar refractivity (Wildman–Crippen MR) is 46.2 cm³/mol. The van der Waals surface area contributed by atoms with Crippen molar-refractivity contribution in [2.24, 2.45) is 0 Å². The molecule has 0 atom stereocenters. The molecule has 0 saturated heterocycles. The molecular formula is C9H9F2OSi. The van der Waals surface area contributed by atoms with Gasteiger partial charge in [0.15, 0.2) is 11.6 Å². The second kappa shape index (κ2) is 3.55. The topological polar surface area (TPSA) is 9.23 Å². The third-order valence-corrected chi connectivity index (χ3v) is 2.38. The Kier molecular flexibility index (Phi) is 2.83. The summed E-state index contributed by atoms with van der Waals surface area (Å²) in [6, 6.07) is 3.69. The van der Waals surface area contributed by atoms with Crippen molar-refractivity contribution >= 4 is 10.5 Å². The van der Waals surface area contributed by atoms with E-state index in [1.54, 1.807) is 13.8 Å². The minimum Gasteiger partial charge on any atom is -0.410 e. The lowest BCUT2D eigenvalue weighted by atomic mass is 9.98. The van der Waals surface area contributed by atoms with Crippen LogP contribution >= 0.6 is 0 Å². The van der Waals surface area contributed by atoms with Crippen LogP contribution in [0.2, 0.25) is 0 Å². The first-order valence-corrected chi connectivity index (χ1v) is 4.18. The van der Waals surface area contributed by atoms with Gasteiger partial charge in [-0.3, -0.25) is 0 Å². The molecule has 69 valence electrons. The first-order chi connectivity index (χ1) is 5.97. The first kappa shape index (κ1) is 10.3. The largest absolute Gasteiger partial charge is 0.410 e. The van der Waals surface area contributed by atoms with Crippen LogP contribution in [-0.2, 0) is 10.0 Å². The van der Waals surface area contributed by atoms with E-state index >= 15 is 0 Å². The highest BCUT2D eigenvalue weighted by Crippen LogP contribution is 2.24. The Labute approximate surface area is 79.3 Å². The van der Waals surface area contributed by atoms with Crippen LogP contribution in [0.15, 0.2) is 18.2 Å². The summed E-state index contributed by atoms with van der Waals surface area (Å²) in [6.45, 7) is 3.49. The minimum atomic E-state index is -0.866. The molecule has 0 fully saturated rings. The fourth-order valence-corrected chi connectivity index (χ4v) is 1.05. The third-order valence-electron chi connectivity index (χ3n) is 1.87. The van der Waals surface area contributed by atoms with Crippen molar-refractivity contribution in [2.75, 3.05) is 0 Å². The second-order valence-electron chi connectivity index (χ2n) is 3.24. The van der Waals surface area contributed by atoms with Crippen molar-refractivity contribution in [2.45, 2.75) is 19.4 Å². The lowest BCUT2D eigenvalue weighted by molar-refractivity contribution is 0.123. The van der Waals surface area contributed by atoms with Crippen LogP contribution in [0, 0.1) is 11.6 Å². The minimum absolute atomic E-state index is 0.571. The highest BCUT2D eigenvalue weighted by molar-refractivity contribution is 5.98. The molecular weight excluding hydrogens is 190 g/mol. The standard InChI is InChI=1S/C9H9F2OSi/c1-9(2,12-13)6-3-4-7(10)8(11)5-6/h3-5H,1-2H3. The first-order valence-electron chi connectivity index (χ1n) is 3.77. The Morgan fingerprint density at radius 2 is 1.85 bits per heavy atom. The summed E-state index contributed by atoms with van der Waals surface area (Å²) < 4.78 is 30.3. The van der Waals surface area contributed by atoms with E-state index in [0.29, 0.717) is 5.56 Å². The highest BCUT2D eigenvalue weighted by Gasteiger charge is 2.20. The number of hydrogen-bond donors (Lipinski definition) is 0. The van der Waals surface area contributed by atoms with Gasteiger partial charge in [-0.1, -0.05) is 6.07 Å². The maximum absolute atomic E-state index is 12.8. The van der Waals surface area contributed by atoms with E-state index in [1.807, 2.05) is 0 Å². The van der Waals surface area contributed by atoms with Gasteiger partial charge in [-0.2, -0.15) is 0 Å². The second-order valence-corrected chi connectivity index (χ2v) is 3.45. The van der Waals surface area contributed by atoms with Crippen molar-refractivity contribution < 1.29 is 13.2 Å². The monoisotopic (exact) mass is 199 g/mol. The number of halogens is 2. The predicted octanol–water partition coefficient (Wildman–Crippen LogP) is 2.30. The van der Waals surface area contributed by atoms with Crippen LogP contribution in [-0.4, -0.2) is 10.5 Å². The molecule has 13 heavy (non-hydrogen) atoms. The Hall–Kier alpha value is -0.743. The van der Waals surface area contributed by atoms with E-state index in [0.717, 1.165) is 12.1 Å². The quantitative estimate of drug-likeness (QED) is 0.664. The molecule has 0 aromatic heterocycles. The van der Waals surface area contributed by atoms with Gasteiger partial charge in [0, 0.05) is 0 Å². The zero-order valence-corrected chi connectivity index (χ0v) is 8.40. The maximum atomic E-state index is 12.8. The molecule has 3 radical (unpaired) electrons. The fraction of sp³-hybridized carbons (Fsp3) is 0.333. The average molecular weight is 199 g/mol. The zero-order valence-electron chi connectivity index (χ0n) is 7.40. The van der Waals surface area contributed by atoms with Gasteiger partial charge in [-0.15, -0.1) is 0 Å². The van der Waals surface area contributed by atoms with Gasteiger partial charge in [-0.05, 0) is 31.5 Å². The SMILES string of the molecule is CC(C)(O[Si])c1ccc(F)c(F)c1. The fourth-order valence-electron chi connectivity index (χ4n) is 0.930. The molecule has 0 bridgehead atoms. The van der Waals surface area contributed by atoms with Crippen molar-refractivity contribution in [1.29, 1.82) is 0 Å². The van der Waals surface area contributed by atoms with Crippen molar-refractivity contribution in [3.05, 3.63) is 35.4 Å². The van der Waals surface area contributed by atoms with Crippen LogP contribution in [0.4, 0.5) is 8.78 Å². The Balaban J connectivity index is 3.10. The van der Waals surface area contributed by atoms with Gasteiger partial charge in [0.1, 0.15) is 0 Å². The van der Waals surface area contributed by atoms with Gasteiger partial charge >= 0.3 is 0 Å². The third kappa shape index (κ3) is 2.13. The number of rotatable bonds is 2. The molecule has 0 heterocycles. The summed E-state index contributed by atoms with van der Waals surface area (Å²) in [7, 11) is 2.88. The van der Waals surface area contributed by atoms with E-state index < -0.39 is 17.2 Å². The Morgan fingerprint density at radius 3 is 2.31 bits per heavy atom.